The van der Waals surface area contributed by atoms with Gasteiger partial charge in [0.2, 0.25) is 0 Å². The van der Waals surface area contributed by atoms with Crippen LogP contribution in [0.25, 0.3) is 0 Å². The van der Waals surface area contributed by atoms with Crippen LogP contribution in [0, 0.1) is 5.92 Å². The molecule has 0 spiro atoms. The van der Waals surface area contributed by atoms with Gasteiger partial charge in [0.15, 0.2) is 0 Å². The van der Waals surface area contributed by atoms with Crippen molar-refractivity contribution in [1.82, 2.24) is 5.32 Å². The molecule has 16 heavy (non-hydrogen) atoms. The Morgan fingerprint density at radius 3 is 2.75 bits per heavy atom. The lowest BCUT2D eigenvalue weighted by Gasteiger charge is -2.33. The summed E-state index contributed by atoms with van der Waals surface area (Å²) in [5.74, 6) is 0.799. The van der Waals surface area contributed by atoms with Crippen LogP contribution >= 0.6 is 0 Å². The van der Waals surface area contributed by atoms with Crippen LogP contribution in [0.15, 0.2) is 0 Å². The summed E-state index contributed by atoms with van der Waals surface area (Å²) in [5, 5.41) is 3.34. The van der Waals surface area contributed by atoms with Gasteiger partial charge in [0.05, 0.1) is 12.7 Å². The van der Waals surface area contributed by atoms with E-state index in [4.69, 9.17) is 9.47 Å². The van der Waals surface area contributed by atoms with E-state index in [9.17, 15) is 0 Å². The standard InChI is InChI=1S/C13H25NO2/c1-14-12-7-8-15-10-13(12)16-9-11-5-3-2-4-6-11/h11-14H,2-10H2,1H3. The van der Waals surface area contributed by atoms with E-state index >= 15 is 0 Å². The third-order valence-electron chi connectivity index (χ3n) is 3.95. The fourth-order valence-corrected chi connectivity index (χ4v) is 2.82. The molecule has 2 rings (SSSR count). The molecule has 1 saturated heterocycles. The zero-order chi connectivity index (χ0) is 11.2. The first-order valence-electron chi connectivity index (χ1n) is 6.76. The van der Waals surface area contributed by atoms with Gasteiger partial charge in [-0.2, -0.15) is 0 Å². The summed E-state index contributed by atoms with van der Waals surface area (Å²) >= 11 is 0. The van der Waals surface area contributed by atoms with Crippen molar-refractivity contribution in [2.75, 3.05) is 26.9 Å². The molecule has 3 nitrogen and oxygen atoms in total. The lowest BCUT2D eigenvalue weighted by atomic mass is 9.90. The summed E-state index contributed by atoms with van der Waals surface area (Å²) in [6.45, 7) is 2.57. The predicted molar refractivity (Wildman–Crippen MR) is 64.6 cm³/mol. The SMILES string of the molecule is CNC1CCOCC1OCC1CCCCC1. The van der Waals surface area contributed by atoms with Gasteiger partial charge in [-0.3, -0.25) is 0 Å². The number of ether oxygens (including phenoxy) is 2. The first kappa shape index (κ1) is 12.3. The van der Waals surface area contributed by atoms with Gasteiger partial charge >= 0.3 is 0 Å². The molecule has 3 heteroatoms. The summed E-state index contributed by atoms with van der Waals surface area (Å²) in [7, 11) is 2.02. The van der Waals surface area contributed by atoms with E-state index in [0.29, 0.717) is 6.04 Å². The molecule has 2 aliphatic rings. The van der Waals surface area contributed by atoms with E-state index in [2.05, 4.69) is 5.32 Å². The maximum atomic E-state index is 6.04. The number of hydrogen-bond donors (Lipinski definition) is 1. The monoisotopic (exact) mass is 227 g/mol. The minimum atomic E-state index is 0.265. The zero-order valence-corrected chi connectivity index (χ0v) is 10.4. The van der Waals surface area contributed by atoms with Crippen LogP contribution in [0.1, 0.15) is 38.5 Å². The Morgan fingerprint density at radius 2 is 2.00 bits per heavy atom. The number of nitrogens with one attached hydrogen (secondary N) is 1. The highest BCUT2D eigenvalue weighted by molar-refractivity contribution is 4.79. The molecule has 1 saturated carbocycles. The van der Waals surface area contributed by atoms with Crippen molar-refractivity contribution in [2.45, 2.75) is 50.7 Å². The summed E-state index contributed by atoms with van der Waals surface area (Å²) in [5.41, 5.74) is 0. The topological polar surface area (TPSA) is 30.5 Å². The Kier molecular flexibility index (Phi) is 5.07. The van der Waals surface area contributed by atoms with E-state index in [-0.39, 0.29) is 6.10 Å². The fraction of sp³-hybridized carbons (Fsp3) is 1.00. The van der Waals surface area contributed by atoms with Crippen LogP contribution in [-0.2, 0) is 9.47 Å². The third kappa shape index (κ3) is 3.44. The van der Waals surface area contributed by atoms with Crippen LogP contribution in [0.5, 0.6) is 0 Å². The highest BCUT2D eigenvalue weighted by Crippen LogP contribution is 2.24. The van der Waals surface area contributed by atoms with Crippen LogP contribution in [0.2, 0.25) is 0 Å². The second kappa shape index (κ2) is 6.58. The van der Waals surface area contributed by atoms with Gasteiger partial charge in [-0.05, 0) is 32.2 Å². The van der Waals surface area contributed by atoms with Crippen LogP contribution in [-0.4, -0.2) is 39.0 Å². The Balaban J connectivity index is 1.70. The maximum Gasteiger partial charge on any atom is 0.0961 e. The normalized spacial score (nSPS) is 32.8. The van der Waals surface area contributed by atoms with Gasteiger partial charge in [0.25, 0.3) is 0 Å². The summed E-state index contributed by atoms with van der Waals surface area (Å²) < 4.78 is 11.5. The van der Waals surface area contributed by atoms with Crippen LogP contribution < -0.4 is 5.32 Å². The molecule has 1 aliphatic heterocycles. The molecular formula is C13H25NO2. The highest BCUT2D eigenvalue weighted by atomic mass is 16.5. The molecule has 1 N–H and O–H groups in total. The van der Waals surface area contributed by atoms with Crippen molar-refractivity contribution in [3.63, 3.8) is 0 Å². The molecule has 0 aromatic heterocycles. The molecule has 2 fully saturated rings. The van der Waals surface area contributed by atoms with Gasteiger partial charge in [-0.25, -0.2) is 0 Å². The number of likely N-dealkylation sites (N-methyl/N-ethyl adjacent to an activating group) is 1. The van der Waals surface area contributed by atoms with Gasteiger partial charge in [0.1, 0.15) is 0 Å². The van der Waals surface area contributed by atoms with Gasteiger partial charge in [-0.1, -0.05) is 19.3 Å². The average Bonchev–Trinajstić information content (AvgIpc) is 2.38. The van der Waals surface area contributed by atoms with Crippen molar-refractivity contribution in [2.24, 2.45) is 5.92 Å². The summed E-state index contributed by atoms with van der Waals surface area (Å²) in [6, 6.07) is 0.484. The number of hydrogen-bond acceptors (Lipinski definition) is 3. The lowest BCUT2D eigenvalue weighted by Crippen LogP contribution is -2.47. The van der Waals surface area contributed by atoms with Crippen molar-refractivity contribution >= 4 is 0 Å². The molecule has 2 unspecified atom stereocenters. The molecule has 94 valence electrons. The molecule has 0 amide bonds. The molecule has 0 radical (unpaired) electrons. The smallest absolute Gasteiger partial charge is 0.0961 e. The molecule has 0 aromatic rings. The maximum absolute atomic E-state index is 6.04. The molecule has 1 heterocycles. The summed E-state index contributed by atoms with van der Waals surface area (Å²) in [4.78, 5) is 0. The Morgan fingerprint density at radius 1 is 1.19 bits per heavy atom. The van der Waals surface area contributed by atoms with E-state index < -0.39 is 0 Å². The predicted octanol–water partition coefficient (Wildman–Crippen LogP) is 1.96. The minimum absolute atomic E-state index is 0.265. The lowest BCUT2D eigenvalue weighted by molar-refractivity contribution is -0.0788. The molecule has 0 aromatic carbocycles. The first-order chi connectivity index (χ1) is 7.90. The van der Waals surface area contributed by atoms with E-state index in [1.807, 2.05) is 7.05 Å². The zero-order valence-electron chi connectivity index (χ0n) is 10.4. The molecule has 1 aliphatic carbocycles. The largest absolute Gasteiger partial charge is 0.379 e. The van der Waals surface area contributed by atoms with E-state index in [0.717, 1.165) is 32.2 Å². The van der Waals surface area contributed by atoms with Crippen molar-refractivity contribution in [3.05, 3.63) is 0 Å². The Hall–Kier alpha value is -0.120. The quantitative estimate of drug-likeness (QED) is 0.796. The van der Waals surface area contributed by atoms with Gasteiger partial charge in [0, 0.05) is 19.3 Å². The molecule has 2 atom stereocenters. The van der Waals surface area contributed by atoms with Gasteiger partial charge in [-0.15, -0.1) is 0 Å². The minimum Gasteiger partial charge on any atom is -0.379 e. The van der Waals surface area contributed by atoms with Crippen LogP contribution in [0.3, 0.4) is 0 Å². The molecule has 0 bridgehead atoms. The second-order valence-electron chi connectivity index (χ2n) is 5.13. The first-order valence-corrected chi connectivity index (χ1v) is 6.76. The third-order valence-corrected chi connectivity index (χ3v) is 3.95. The average molecular weight is 227 g/mol. The van der Waals surface area contributed by atoms with Crippen LogP contribution in [0.4, 0.5) is 0 Å². The molecular weight excluding hydrogens is 202 g/mol. The summed E-state index contributed by atoms with van der Waals surface area (Å²) in [6.07, 6.45) is 8.26. The van der Waals surface area contributed by atoms with E-state index in [1.54, 1.807) is 0 Å². The Bertz CT molecular complexity index is 192. The Labute approximate surface area is 98.9 Å². The van der Waals surface area contributed by atoms with Crippen molar-refractivity contribution < 1.29 is 9.47 Å². The van der Waals surface area contributed by atoms with Crippen molar-refractivity contribution in [1.29, 1.82) is 0 Å². The highest BCUT2D eigenvalue weighted by Gasteiger charge is 2.26. The van der Waals surface area contributed by atoms with E-state index in [1.165, 1.54) is 32.1 Å². The second-order valence-corrected chi connectivity index (χ2v) is 5.13. The number of rotatable bonds is 4. The van der Waals surface area contributed by atoms with Crippen molar-refractivity contribution in [3.8, 4) is 0 Å². The fourth-order valence-electron chi connectivity index (χ4n) is 2.82. The van der Waals surface area contributed by atoms with Gasteiger partial charge < -0.3 is 14.8 Å².